The molecule has 162 valence electrons. The van der Waals surface area contributed by atoms with Gasteiger partial charge in [-0.1, -0.05) is 28.5 Å². The van der Waals surface area contributed by atoms with E-state index in [0.717, 1.165) is 71.3 Å². The first-order valence-corrected chi connectivity index (χ1v) is 10.8. The second kappa shape index (κ2) is 7.80. The molecule has 8 heteroatoms. The predicted octanol–water partition coefficient (Wildman–Crippen LogP) is 4.30. The molecule has 32 heavy (non-hydrogen) atoms. The van der Waals surface area contributed by atoms with Crippen LogP contribution in [-0.2, 0) is 6.54 Å². The first-order chi connectivity index (χ1) is 15.8. The van der Waals surface area contributed by atoms with E-state index in [4.69, 9.17) is 19.2 Å². The summed E-state index contributed by atoms with van der Waals surface area (Å²) >= 11 is 0. The third-order valence-electron chi connectivity index (χ3n) is 6.20. The zero-order chi connectivity index (χ0) is 21.5. The molecule has 1 atom stereocenters. The lowest BCUT2D eigenvalue weighted by Crippen LogP contribution is -2.23. The SMILES string of the molecule is Cc1nonc1C1CCCN1Cc1cn(-c2ccccc2)nc1-c1ccc2c(c1)OCO2. The van der Waals surface area contributed by atoms with Crippen LogP contribution < -0.4 is 9.47 Å². The van der Waals surface area contributed by atoms with Gasteiger partial charge in [0.15, 0.2) is 11.5 Å². The molecule has 4 aromatic rings. The third kappa shape index (κ3) is 3.33. The van der Waals surface area contributed by atoms with Crippen molar-refractivity contribution in [2.75, 3.05) is 13.3 Å². The van der Waals surface area contributed by atoms with Gasteiger partial charge in [0.25, 0.3) is 0 Å². The van der Waals surface area contributed by atoms with Crippen molar-refractivity contribution >= 4 is 0 Å². The van der Waals surface area contributed by atoms with Crippen LogP contribution >= 0.6 is 0 Å². The van der Waals surface area contributed by atoms with Crippen molar-refractivity contribution in [1.82, 2.24) is 25.0 Å². The maximum absolute atomic E-state index is 5.61. The lowest BCUT2D eigenvalue weighted by Gasteiger charge is -2.22. The molecule has 8 nitrogen and oxygen atoms in total. The van der Waals surface area contributed by atoms with Crippen molar-refractivity contribution in [2.45, 2.75) is 32.4 Å². The summed E-state index contributed by atoms with van der Waals surface area (Å²) in [6.07, 6.45) is 4.28. The zero-order valence-electron chi connectivity index (χ0n) is 17.8. The molecule has 0 saturated carbocycles. The van der Waals surface area contributed by atoms with E-state index in [1.807, 2.05) is 48.0 Å². The minimum atomic E-state index is 0.200. The monoisotopic (exact) mass is 429 g/mol. The van der Waals surface area contributed by atoms with Crippen LogP contribution in [0.15, 0.2) is 59.4 Å². The van der Waals surface area contributed by atoms with Crippen LogP contribution in [0.2, 0.25) is 0 Å². The first kappa shape index (κ1) is 19.1. The topological polar surface area (TPSA) is 78.4 Å². The molecule has 4 heterocycles. The van der Waals surface area contributed by atoms with E-state index in [2.05, 4.69) is 33.5 Å². The van der Waals surface area contributed by atoms with Gasteiger partial charge in [0.1, 0.15) is 11.4 Å². The lowest BCUT2D eigenvalue weighted by atomic mass is 10.1. The average molecular weight is 429 g/mol. The number of fused-ring (bicyclic) bond motifs is 1. The second-order valence-corrected chi connectivity index (χ2v) is 8.21. The number of nitrogens with zero attached hydrogens (tertiary/aromatic N) is 5. The number of rotatable bonds is 5. The number of benzene rings is 2. The molecular formula is C24H23N5O3. The number of hydrogen-bond acceptors (Lipinski definition) is 7. The summed E-state index contributed by atoms with van der Waals surface area (Å²) < 4.78 is 18.0. The molecule has 2 aromatic carbocycles. The fourth-order valence-corrected chi connectivity index (χ4v) is 4.61. The van der Waals surface area contributed by atoms with Crippen LogP contribution in [-0.4, -0.2) is 38.3 Å². The largest absolute Gasteiger partial charge is 0.454 e. The number of aromatic nitrogens is 4. The average Bonchev–Trinajstić information content (AvgIpc) is 3.61. The summed E-state index contributed by atoms with van der Waals surface area (Å²) in [5.74, 6) is 1.53. The Morgan fingerprint density at radius 1 is 1.03 bits per heavy atom. The van der Waals surface area contributed by atoms with Crippen LogP contribution in [0, 0.1) is 6.92 Å². The third-order valence-corrected chi connectivity index (χ3v) is 6.20. The Hall–Kier alpha value is -3.65. The van der Waals surface area contributed by atoms with Crippen molar-refractivity contribution < 1.29 is 14.1 Å². The molecule has 2 aliphatic rings. The number of para-hydroxylation sites is 1. The molecule has 0 aliphatic carbocycles. The van der Waals surface area contributed by atoms with Gasteiger partial charge in [0, 0.05) is 23.9 Å². The lowest BCUT2D eigenvalue weighted by molar-refractivity contribution is 0.174. The highest BCUT2D eigenvalue weighted by Crippen LogP contribution is 2.38. The van der Waals surface area contributed by atoms with Gasteiger partial charge in [-0.15, -0.1) is 0 Å². The van der Waals surface area contributed by atoms with Crippen LogP contribution in [0.3, 0.4) is 0 Å². The zero-order valence-corrected chi connectivity index (χ0v) is 17.8. The van der Waals surface area contributed by atoms with Gasteiger partial charge in [-0.3, -0.25) is 4.90 Å². The molecule has 0 amide bonds. The van der Waals surface area contributed by atoms with Gasteiger partial charge < -0.3 is 9.47 Å². The Kier molecular flexibility index (Phi) is 4.65. The van der Waals surface area contributed by atoms with E-state index in [1.54, 1.807) is 0 Å². The van der Waals surface area contributed by atoms with Gasteiger partial charge in [0.05, 0.1) is 17.4 Å². The highest BCUT2D eigenvalue weighted by Gasteiger charge is 2.31. The van der Waals surface area contributed by atoms with E-state index < -0.39 is 0 Å². The molecule has 1 fully saturated rings. The molecule has 6 rings (SSSR count). The maximum atomic E-state index is 5.61. The van der Waals surface area contributed by atoms with E-state index in [1.165, 1.54) is 0 Å². The van der Waals surface area contributed by atoms with Gasteiger partial charge in [-0.25, -0.2) is 9.31 Å². The van der Waals surface area contributed by atoms with Crippen LogP contribution in [0.25, 0.3) is 16.9 Å². The summed E-state index contributed by atoms with van der Waals surface area (Å²) in [4.78, 5) is 2.44. The smallest absolute Gasteiger partial charge is 0.231 e. The minimum absolute atomic E-state index is 0.200. The van der Waals surface area contributed by atoms with E-state index in [0.29, 0.717) is 0 Å². The summed E-state index contributed by atoms with van der Waals surface area (Å²) in [5.41, 5.74) is 5.91. The maximum Gasteiger partial charge on any atom is 0.231 e. The number of ether oxygens (including phenoxy) is 2. The van der Waals surface area contributed by atoms with Crippen molar-refractivity contribution in [3.63, 3.8) is 0 Å². The van der Waals surface area contributed by atoms with E-state index in [-0.39, 0.29) is 12.8 Å². The van der Waals surface area contributed by atoms with Gasteiger partial charge in [-0.05, 0) is 56.6 Å². The highest BCUT2D eigenvalue weighted by atomic mass is 16.7. The Labute approximate surface area is 185 Å². The Morgan fingerprint density at radius 3 is 2.75 bits per heavy atom. The summed E-state index contributed by atoms with van der Waals surface area (Å²) in [6, 6.07) is 16.4. The van der Waals surface area contributed by atoms with Crippen molar-refractivity contribution in [2.24, 2.45) is 0 Å². The molecule has 0 N–H and O–H groups in total. The molecule has 0 spiro atoms. The molecule has 0 bridgehead atoms. The quantitative estimate of drug-likeness (QED) is 0.468. The number of hydrogen-bond donors (Lipinski definition) is 0. The summed E-state index contributed by atoms with van der Waals surface area (Å²) in [5, 5.41) is 13.1. The molecule has 2 aromatic heterocycles. The second-order valence-electron chi connectivity index (χ2n) is 8.21. The molecule has 0 radical (unpaired) electrons. The van der Waals surface area contributed by atoms with Crippen LogP contribution in [0.4, 0.5) is 0 Å². The Balaban J connectivity index is 1.39. The van der Waals surface area contributed by atoms with Crippen molar-refractivity contribution in [3.05, 3.63) is 71.7 Å². The van der Waals surface area contributed by atoms with E-state index in [9.17, 15) is 0 Å². The molecule has 1 saturated heterocycles. The Bertz CT molecular complexity index is 1250. The predicted molar refractivity (Wildman–Crippen MR) is 117 cm³/mol. The van der Waals surface area contributed by atoms with E-state index >= 15 is 0 Å². The molecule has 1 unspecified atom stereocenters. The summed E-state index contributed by atoms with van der Waals surface area (Å²) in [7, 11) is 0. The van der Waals surface area contributed by atoms with Crippen LogP contribution in [0.5, 0.6) is 11.5 Å². The number of likely N-dealkylation sites (tertiary alicyclic amines) is 1. The molecule has 2 aliphatic heterocycles. The van der Waals surface area contributed by atoms with Gasteiger partial charge in [0.2, 0.25) is 6.79 Å². The van der Waals surface area contributed by atoms with Crippen molar-refractivity contribution in [3.8, 4) is 28.4 Å². The fraction of sp³-hybridized carbons (Fsp3) is 0.292. The standard InChI is InChI=1S/C24H23N5O3/c1-16-23(27-32-26-16)20-8-5-11-28(20)13-18-14-29(19-6-3-2-4-7-19)25-24(18)17-9-10-21-22(12-17)31-15-30-21/h2-4,6-7,9-10,12,14,20H,5,8,11,13,15H2,1H3. The first-order valence-electron chi connectivity index (χ1n) is 10.8. The van der Waals surface area contributed by atoms with Gasteiger partial charge in [-0.2, -0.15) is 5.10 Å². The van der Waals surface area contributed by atoms with Gasteiger partial charge >= 0.3 is 0 Å². The number of aryl methyl sites for hydroxylation is 1. The minimum Gasteiger partial charge on any atom is -0.454 e. The van der Waals surface area contributed by atoms with Crippen molar-refractivity contribution in [1.29, 1.82) is 0 Å². The van der Waals surface area contributed by atoms with Crippen LogP contribution in [0.1, 0.15) is 35.8 Å². The molecular weight excluding hydrogens is 406 g/mol. The highest BCUT2D eigenvalue weighted by molar-refractivity contribution is 5.67. The normalized spacial score (nSPS) is 17.8. The fourth-order valence-electron chi connectivity index (χ4n) is 4.61. The summed E-state index contributed by atoms with van der Waals surface area (Å²) in [6.45, 7) is 3.96. The Morgan fingerprint density at radius 2 is 1.91 bits per heavy atom.